The van der Waals surface area contributed by atoms with Crippen LogP contribution in [0, 0.1) is 50.2 Å². The smallest absolute Gasteiger partial charge is 0.128 e. The third-order valence-corrected chi connectivity index (χ3v) is 13.4. The number of rotatable bonds is 2. The van der Waals surface area contributed by atoms with Crippen LogP contribution < -0.4 is 0 Å². The highest BCUT2D eigenvalue weighted by Crippen LogP contribution is 2.75. The van der Waals surface area contributed by atoms with Gasteiger partial charge in [-0.2, -0.15) is 0 Å². The lowest BCUT2D eigenvalue weighted by molar-refractivity contribution is -0.256. The number of carbonyl (C=O) groups is 1. The molecule has 0 saturated heterocycles. The fourth-order valence-electron chi connectivity index (χ4n) is 10.8. The van der Waals surface area contributed by atoms with E-state index in [1.54, 1.807) is 0 Å². The molecule has 4 fully saturated rings. The zero-order valence-corrected chi connectivity index (χ0v) is 23.0. The summed E-state index contributed by atoms with van der Waals surface area (Å²) in [4.78, 5) is 12.3. The predicted molar refractivity (Wildman–Crippen MR) is 137 cm³/mol. The van der Waals surface area contributed by atoms with Crippen LogP contribution in [0.3, 0.4) is 0 Å². The van der Waals surface area contributed by atoms with E-state index < -0.39 is 40.7 Å². The zero-order chi connectivity index (χ0) is 26.7. The van der Waals surface area contributed by atoms with Crippen molar-refractivity contribution in [1.29, 1.82) is 0 Å². The third kappa shape index (κ3) is 2.89. The Morgan fingerprint density at radius 1 is 0.889 bits per heavy atom. The number of allylic oxidation sites excluding steroid dienone is 2. The number of aliphatic hydroxyl groups excluding tert-OH is 5. The van der Waals surface area contributed by atoms with Gasteiger partial charge in [-0.05, 0) is 84.4 Å². The van der Waals surface area contributed by atoms with Crippen molar-refractivity contribution in [2.45, 2.75) is 111 Å². The van der Waals surface area contributed by atoms with E-state index in [9.17, 15) is 30.3 Å². The molecule has 36 heavy (non-hydrogen) atoms. The maximum absolute atomic E-state index is 12.3. The van der Waals surface area contributed by atoms with E-state index in [1.165, 1.54) is 5.57 Å². The average Bonchev–Trinajstić information content (AvgIpc) is 2.81. The van der Waals surface area contributed by atoms with Crippen molar-refractivity contribution in [1.82, 2.24) is 0 Å². The Morgan fingerprint density at radius 3 is 2.17 bits per heavy atom. The van der Waals surface area contributed by atoms with Gasteiger partial charge in [-0.15, -0.1) is 0 Å². The van der Waals surface area contributed by atoms with E-state index >= 15 is 0 Å². The molecular weight excluding hydrogens is 456 g/mol. The predicted octanol–water partition coefficient (Wildman–Crippen LogP) is 3.23. The van der Waals surface area contributed by atoms with Crippen LogP contribution in [0.15, 0.2) is 11.6 Å². The maximum atomic E-state index is 12.3. The summed E-state index contributed by atoms with van der Waals surface area (Å²) in [5.41, 5.74) is -1.81. The second kappa shape index (κ2) is 7.88. The lowest BCUT2D eigenvalue weighted by Gasteiger charge is -2.72. The molecule has 0 aromatic rings. The second-order valence-corrected chi connectivity index (χ2v) is 15.0. The summed E-state index contributed by atoms with van der Waals surface area (Å²) in [6, 6.07) is 0. The Labute approximate surface area is 216 Å². The second-order valence-electron chi connectivity index (χ2n) is 15.0. The highest BCUT2D eigenvalue weighted by Gasteiger charge is 2.72. The standard InChI is InChI=1S/C30H48O6/c1-25(2)13-18-17-7-8-20-26(3)11-10-21(33)27(4,15-31)19(26)9-12-28(20,5)29(17,6)14-22(34)30(18,16-32)24(36)23(25)35/h7,15,18-24,32-36H,8-14,16H2,1-6H3/t18-,19+,20+,21-,22+,23-,24-,26-,27-,28+,29+,30-/m0/s1. The number of aliphatic hydroxyl groups is 5. The Bertz CT molecular complexity index is 961. The summed E-state index contributed by atoms with van der Waals surface area (Å²) in [5, 5.41) is 55.6. The molecule has 0 radical (unpaired) electrons. The minimum atomic E-state index is -1.20. The van der Waals surface area contributed by atoms with Gasteiger partial charge < -0.3 is 30.3 Å². The molecule has 0 spiro atoms. The van der Waals surface area contributed by atoms with Gasteiger partial charge in [0.25, 0.3) is 0 Å². The molecular formula is C30H48O6. The molecule has 0 bridgehead atoms. The van der Waals surface area contributed by atoms with Crippen molar-refractivity contribution in [2.24, 2.45) is 50.2 Å². The summed E-state index contributed by atoms with van der Waals surface area (Å²) in [6.07, 6.45) is 4.72. The largest absolute Gasteiger partial charge is 0.396 e. The highest BCUT2D eigenvalue weighted by molar-refractivity contribution is 5.61. The van der Waals surface area contributed by atoms with Gasteiger partial charge in [0.15, 0.2) is 0 Å². The van der Waals surface area contributed by atoms with Gasteiger partial charge in [0.1, 0.15) is 6.29 Å². The highest BCUT2D eigenvalue weighted by atomic mass is 16.3. The molecule has 0 aromatic heterocycles. The molecule has 12 atom stereocenters. The van der Waals surface area contributed by atoms with Gasteiger partial charge in [-0.3, -0.25) is 0 Å². The topological polar surface area (TPSA) is 118 Å². The third-order valence-electron chi connectivity index (χ3n) is 13.4. The average molecular weight is 505 g/mol. The van der Waals surface area contributed by atoms with E-state index in [2.05, 4.69) is 26.8 Å². The molecule has 0 heterocycles. The van der Waals surface area contributed by atoms with Crippen LogP contribution in [0.2, 0.25) is 0 Å². The van der Waals surface area contributed by atoms with Crippen molar-refractivity contribution in [3.63, 3.8) is 0 Å². The number of aldehydes is 1. The van der Waals surface area contributed by atoms with E-state index in [1.807, 2.05) is 20.8 Å². The molecule has 6 heteroatoms. The Kier molecular flexibility index (Phi) is 5.86. The first kappa shape index (κ1) is 26.8. The van der Waals surface area contributed by atoms with Gasteiger partial charge in [0, 0.05) is 0 Å². The lowest BCUT2D eigenvalue weighted by Crippen LogP contribution is -2.71. The fourth-order valence-corrected chi connectivity index (χ4v) is 10.8. The van der Waals surface area contributed by atoms with E-state index in [0.29, 0.717) is 25.2 Å². The van der Waals surface area contributed by atoms with Crippen LogP contribution >= 0.6 is 0 Å². The van der Waals surface area contributed by atoms with E-state index in [4.69, 9.17) is 0 Å². The summed E-state index contributed by atoms with van der Waals surface area (Å²) >= 11 is 0. The minimum absolute atomic E-state index is 0.106. The first-order valence-corrected chi connectivity index (χ1v) is 14.1. The lowest BCUT2D eigenvalue weighted by atomic mass is 9.33. The van der Waals surface area contributed by atoms with Gasteiger partial charge >= 0.3 is 0 Å². The molecule has 0 aliphatic heterocycles. The molecule has 5 rings (SSSR count). The van der Waals surface area contributed by atoms with Gasteiger partial charge in [-0.25, -0.2) is 0 Å². The van der Waals surface area contributed by atoms with Crippen LogP contribution in [-0.2, 0) is 4.79 Å². The first-order chi connectivity index (χ1) is 16.6. The van der Waals surface area contributed by atoms with E-state index in [-0.39, 0.29) is 34.7 Å². The van der Waals surface area contributed by atoms with Crippen molar-refractivity contribution >= 4 is 6.29 Å². The number of hydrogen-bond acceptors (Lipinski definition) is 6. The van der Waals surface area contributed by atoms with Crippen LogP contribution in [-0.4, -0.2) is 62.8 Å². The fraction of sp³-hybridized carbons (Fsp3) is 0.900. The monoisotopic (exact) mass is 504 g/mol. The zero-order valence-electron chi connectivity index (χ0n) is 23.0. The van der Waals surface area contributed by atoms with Crippen molar-refractivity contribution in [3.8, 4) is 0 Å². The molecule has 0 aromatic carbocycles. The minimum Gasteiger partial charge on any atom is -0.396 e. The SMILES string of the molecule is CC1(C)C[C@H]2C3=CC[C@@H]4[C@@]5(C)CC[C@H](O)[C@@](C)(C=O)[C@@H]5CC[C@@]4(C)[C@]3(C)C[C@@H](O)[C@@]2(CO)[C@@H](O)[C@@H]1O. The Hall–Kier alpha value is -0.790. The maximum Gasteiger partial charge on any atom is 0.128 e. The number of hydrogen-bond donors (Lipinski definition) is 5. The van der Waals surface area contributed by atoms with Gasteiger partial charge in [0.2, 0.25) is 0 Å². The van der Waals surface area contributed by atoms with Crippen LogP contribution in [0.1, 0.15) is 86.5 Å². The molecule has 5 aliphatic carbocycles. The molecule has 4 saturated carbocycles. The molecule has 6 nitrogen and oxygen atoms in total. The van der Waals surface area contributed by atoms with Crippen molar-refractivity contribution in [2.75, 3.05) is 6.61 Å². The summed E-state index contributed by atoms with van der Waals surface area (Å²) in [7, 11) is 0. The number of carbonyl (C=O) groups excluding carboxylic acids is 1. The summed E-state index contributed by atoms with van der Waals surface area (Å²) in [6.45, 7) is 12.5. The van der Waals surface area contributed by atoms with E-state index in [0.717, 1.165) is 32.0 Å². The normalized spacial score (nSPS) is 58.0. The molecule has 5 N–H and O–H groups in total. The Balaban J connectivity index is 1.63. The summed E-state index contributed by atoms with van der Waals surface area (Å²) in [5.74, 6) is 0.185. The quantitative estimate of drug-likeness (QED) is 0.291. The van der Waals surface area contributed by atoms with Gasteiger partial charge in [0.05, 0.1) is 41.9 Å². The first-order valence-electron chi connectivity index (χ1n) is 14.1. The summed E-state index contributed by atoms with van der Waals surface area (Å²) < 4.78 is 0. The van der Waals surface area contributed by atoms with Crippen molar-refractivity contribution in [3.05, 3.63) is 11.6 Å². The number of fused-ring (bicyclic) bond motifs is 7. The van der Waals surface area contributed by atoms with Gasteiger partial charge in [-0.1, -0.05) is 53.2 Å². The van der Waals surface area contributed by atoms with Crippen LogP contribution in [0.25, 0.3) is 0 Å². The van der Waals surface area contributed by atoms with Crippen LogP contribution in [0.4, 0.5) is 0 Å². The molecule has 5 aliphatic rings. The van der Waals surface area contributed by atoms with Crippen molar-refractivity contribution < 1.29 is 30.3 Å². The molecule has 0 unspecified atom stereocenters. The van der Waals surface area contributed by atoms with Crippen LogP contribution in [0.5, 0.6) is 0 Å². The Morgan fingerprint density at radius 2 is 1.56 bits per heavy atom. The molecule has 204 valence electrons. The molecule has 0 amide bonds.